The van der Waals surface area contributed by atoms with Crippen molar-refractivity contribution in [3.8, 4) is 0 Å². The summed E-state index contributed by atoms with van der Waals surface area (Å²) >= 11 is 0. The Labute approximate surface area is 153 Å². The highest BCUT2D eigenvalue weighted by Crippen LogP contribution is 2.35. The van der Waals surface area contributed by atoms with Crippen LogP contribution in [0.25, 0.3) is 0 Å². The third kappa shape index (κ3) is 5.77. The highest BCUT2D eigenvalue weighted by Gasteiger charge is 2.49. The molecule has 0 spiro atoms. The molecule has 2 amide bonds. The Morgan fingerprint density at radius 2 is 1.32 bits per heavy atom. The van der Waals surface area contributed by atoms with E-state index in [2.05, 4.69) is 12.2 Å². The molecule has 148 valence electrons. The zero-order chi connectivity index (χ0) is 19.9. The minimum absolute atomic E-state index is 0.00683. The number of carbonyl (C=O) groups excluding carboxylic acids is 2. The van der Waals surface area contributed by atoms with Crippen LogP contribution in [0.5, 0.6) is 0 Å². The highest BCUT2D eigenvalue weighted by molar-refractivity contribution is 6.62. The van der Waals surface area contributed by atoms with Gasteiger partial charge in [-0.25, -0.2) is 0 Å². The molecule has 0 aliphatic heterocycles. The summed E-state index contributed by atoms with van der Waals surface area (Å²) in [6, 6.07) is -0.374. The first-order valence-corrected chi connectivity index (χ1v) is 10.5. The van der Waals surface area contributed by atoms with Gasteiger partial charge >= 0.3 is 8.80 Å². The van der Waals surface area contributed by atoms with Crippen LogP contribution in [-0.4, -0.2) is 65.0 Å². The molecule has 0 fully saturated rings. The van der Waals surface area contributed by atoms with Gasteiger partial charge in [0.1, 0.15) is 0 Å². The Morgan fingerprint density at radius 3 is 1.64 bits per heavy atom. The third-order valence-corrected chi connectivity index (χ3v) is 8.70. The van der Waals surface area contributed by atoms with E-state index in [0.717, 1.165) is 0 Å². The summed E-state index contributed by atoms with van der Waals surface area (Å²) < 4.78 is 16.8. The van der Waals surface area contributed by atoms with Crippen LogP contribution >= 0.6 is 0 Å². The fourth-order valence-corrected chi connectivity index (χ4v) is 5.97. The zero-order valence-corrected chi connectivity index (χ0v) is 18.4. The third-order valence-electron chi connectivity index (χ3n) is 5.36. The van der Waals surface area contributed by atoms with Gasteiger partial charge in [-0.2, -0.15) is 0 Å². The molecule has 0 saturated carbocycles. The number of rotatable bonds is 10. The fraction of sp³-hybridized carbons (Fsp3) is 0.882. The molecule has 8 heteroatoms. The minimum atomic E-state index is -2.82. The van der Waals surface area contributed by atoms with Gasteiger partial charge in [0.25, 0.3) is 0 Å². The van der Waals surface area contributed by atoms with Crippen LogP contribution in [-0.2, 0) is 22.9 Å². The van der Waals surface area contributed by atoms with Crippen molar-refractivity contribution in [1.82, 2.24) is 10.2 Å². The van der Waals surface area contributed by atoms with Gasteiger partial charge in [-0.05, 0) is 26.7 Å². The zero-order valence-electron chi connectivity index (χ0n) is 17.4. The second-order valence-electron chi connectivity index (χ2n) is 6.76. The lowest BCUT2D eigenvalue weighted by atomic mass is 9.95. The molecule has 0 aromatic rings. The first-order valence-electron chi connectivity index (χ1n) is 8.70. The van der Waals surface area contributed by atoms with Gasteiger partial charge in [0.2, 0.25) is 11.8 Å². The molecule has 0 aliphatic rings. The fourth-order valence-electron chi connectivity index (χ4n) is 3.43. The van der Waals surface area contributed by atoms with Gasteiger partial charge in [0.15, 0.2) is 0 Å². The standard InChI is InChI=1S/C17H36N2O5Si/c1-11(15(5)25(22-8,23-9)24-10)13(3)19(17(7)21)14(4)12(2)18-16(6)20/h11-15H,1-10H3,(H,18,20). The number of carbonyl (C=O) groups is 2. The van der Waals surface area contributed by atoms with E-state index in [4.69, 9.17) is 13.3 Å². The molecular weight excluding hydrogens is 340 g/mol. The summed E-state index contributed by atoms with van der Waals surface area (Å²) in [5.74, 6) is -0.0698. The SMILES string of the molecule is CO[Si](OC)(OC)C(C)C(C)C(C)N(C(C)=O)C(C)C(C)NC(C)=O. The van der Waals surface area contributed by atoms with Crippen LogP contribution in [0.15, 0.2) is 0 Å². The summed E-state index contributed by atoms with van der Waals surface area (Å²) in [5, 5.41) is 2.87. The van der Waals surface area contributed by atoms with Crippen molar-refractivity contribution < 1.29 is 22.9 Å². The first-order chi connectivity index (χ1) is 11.5. The monoisotopic (exact) mass is 376 g/mol. The average molecular weight is 377 g/mol. The van der Waals surface area contributed by atoms with Crippen LogP contribution in [0.4, 0.5) is 0 Å². The molecule has 0 bridgehead atoms. The van der Waals surface area contributed by atoms with Crippen LogP contribution in [0.2, 0.25) is 5.54 Å². The largest absolute Gasteiger partial charge is 0.503 e. The molecule has 5 atom stereocenters. The van der Waals surface area contributed by atoms with E-state index in [1.165, 1.54) is 6.92 Å². The Morgan fingerprint density at radius 1 is 0.880 bits per heavy atom. The molecule has 25 heavy (non-hydrogen) atoms. The van der Waals surface area contributed by atoms with E-state index in [0.29, 0.717) is 0 Å². The van der Waals surface area contributed by atoms with E-state index in [1.807, 2.05) is 32.6 Å². The topological polar surface area (TPSA) is 77.1 Å². The number of hydrogen-bond acceptors (Lipinski definition) is 5. The predicted octanol–water partition coefficient (Wildman–Crippen LogP) is 2.04. The van der Waals surface area contributed by atoms with E-state index < -0.39 is 8.80 Å². The number of nitrogens with one attached hydrogen (secondary N) is 1. The van der Waals surface area contributed by atoms with E-state index in [1.54, 1.807) is 28.3 Å². The summed E-state index contributed by atoms with van der Waals surface area (Å²) in [6.45, 7) is 13.0. The maximum Gasteiger partial charge on any atom is 0.503 e. The van der Waals surface area contributed by atoms with Crippen molar-refractivity contribution in [1.29, 1.82) is 0 Å². The van der Waals surface area contributed by atoms with Crippen molar-refractivity contribution in [2.24, 2.45) is 5.92 Å². The normalized spacial score (nSPS) is 18.0. The van der Waals surface area contributed by atoms with Gasteiger partial charge in [0.05, 0.1) is 0 Å². The molecule has 1 N–H and O–H groups in total. The molecule has 5 unspecified atom stereocenters. The highest BCUT2D eigenvalue weighted by atomic mass is 28.4. The Hall–Kier alpha value is -0.963. The molecular formula is C17H36N2O5Si. The van der Waals surface area contributed by atoms with Crippen molar-refractivity contribution in [2.75, 3.05) is 21.3 Å². The lowest BCUT2D eigenvalue weighted by molar-refractivity contribution is -0.136. The van der Waals surface area contributed by atoms with E-state index in [-0.39, 0.29) is 41.4 Å². The minimum Gasteiger partial charge on any atom is -0.377 e. The molecule has 0 heterocycles. The van der Waals surface area contributed by atoms with Crippen LogP contribution in [0.3, 0.4) is 0 Å². The van der Waals surface area contributed by atoms with Crippen molar-refractivity contribution >= 4 is 20.6 Å². The smallest absolute Gasteiger partial charge is 0.377 e. The average Bonchev–Trinajstić information content (AvgIpc) is 2.54. The van der Waals surface area contributed by atoms with Gasteiger partial charge in [0, 0.05) is 58.8 Å². The van der Waals surface area contributed by atoms with E-state index in [9.17, 15) is 9.59 Å². The summed E-state index contributed by atoms with van der Waals surface area (Å²) in [4.78, 5) is 25.5. The Bertz CT molecular complexity index is 436. The summed E-state index contributed by atoms with van der Waals surface area (Å²) in [6.07, 6.45) is 0. The van der Waals surface area contributed by atoms with Crippen LogP contribution < -0.4 is 5.32 Å². The van der Waals surface area contributed by atoms with Gasteiger partial charge in [-0.15, -0.1) is 0 Å². The lowest BCUT2D eigenvalue weighted by Gasteiger charge is -2.43. The van der Waals surface area contributed by atoms with E-state index >= 15 is 0 Å². The van der Waals surface area contributed by atoms with Crippen molar-refractivity contribution in [3.63, 3.8) is 0 Å². The quantitative estimate of drug-likeness (QED) is 0.591. The molecule has 0 radical (unpaired) electrons. The molecule has 0 aromatic heterocycles. The van der Waals surface area contributed by atoms with Gasteiger partial charge in [-0.3, -0.25) is 9.59 Å². The van der Waals surface area contributed by atoms with Gasteiger partial charge in [-0.1, -0.05) is 13.8 Å². The molecule has 0 saturated heterocycles. The molecule has 0 aliphatic carbocycles. The molecule has 0 rings (SSSR count). The lowest BCUT2D eigenvalue weighted by Crippen LogP contribution is -2.57. The second kappa shape index (κ2) is 10.3. The Kier molecular flexibility index (Phi) is 9.86. The van der Waals surface area contributed by atoms with Crippen molar-refractivity contribution in [3.05, 3.63) is 0 Å². The van der Waals surface area contributed by atoms with Crippen molar-refractivity contribution in [2.45, 2.75) is 72.1 Å². The number of hydrogen-bond donors (Lipinski definition) is 1. The number of nitrogens with zero attached hydrogens (tertiary/aromatic N) is 1. The Balaban J connectivity index is 5.49. The number of amides is 2. The first kappa shape index (κ1) is 24.0. The maximum absolute atomic E-state index is 12.3. The van der Waals surface area contributed by atoms with Gasteiger partial charge < -0.3 is 23.5 Å². The van der Waals surface area contributed by atoms with Crippen LogP contribution in [0, 0.1) is 5.92 Å². The summed E-state index contributed by atoms with van der Waals surface area (Å²) in [5.41, 5.74) is -0.00683. The maximum atomic E-state index is 12.3. The molecule has 0 aromatic carbocycles. The molecule has 7 nitrogen and oxygen atoms in total. The summed E-state index contributed by atoms with van der Waals surface area (Å²) in [7, 11) is 1.96. The predicted molar refractivity (Wildman–Crippen MR) is 100 cm³/mol. The van der Waals surface area contributed by atoms with Crippen LogP contribution in [0.1, 0.15) is 48.5 Å². The second-order valence-corrected chi connectivity index (χ2v) is 10.1.